The Hall–Kier alpha value is -0.820. The number of nitrogens with one attached hydrogen (secondary N) is 1. The summed E-state index contributed by atoms with van der Waals surface area (Å²) in [5, 5.41) is 3.31. The minimum atomic E-state index is 0.642. The van der Waals surface area contributed by atoms with E-state index in [1.54, 1.807) is 5.56 Å². The highest BCUT2D eigenvalue weighted by Gasteiger charge is 2.16. The second kappa shape index (κ2) is 5.49. The number of hydrogen-bond donors (Lipinski definition) is 1. The van der Waals surface area contributed by atoms with Gasteiger partial charge in [0.05, 0.1) is 0 Å². The van der Waals surface area contributed by atoms with Crippen molar-refractivity contribution >= 4 is 0 Å². The summed E-state index contributed by atoms with van der Waals surface area (Å²) in [6, 6.07) is 2.31. The molecule has 90 valence electrons. The fraction of sp³-hybridized carbons (Fsp3) is 0.600. The average Bonchev–Trinajstić information content (AvgIpc) is 2.25. The van der Waals surface area contributed by atoms with E-state index < -0.39 is 0 Å². The topological polar surface area (TPSA) is 12.0 Å². The van der Waals surface area contributed by atoms with Crippen LogP contribution in [0.1, 0.15) is 47.1 Å². The van der Waals surface area contributed by atoms with Gasteiger partial charge in [-0.2, -0.15) is 0 Å². The van der Waals surface area contributed by atoms with Crippen molar-refractivity contribution < 1.29 is 0 Å². The van der Waals surface area contributed by atoms with Crippen molar-refractivity contribution in [3.63, 3.8) is 0 Å². The standard InChI is InChI=1S/C15H25N/c1-7-14(9-16-6)15-12(4)10(2)8-11(3)13(15)5/h8,14,16H,7,9H2,1-6H3. The third-order valence-electron chi connectivity index (χ3n) is 3.78. The Kier molecular flexibility index (Phi) is 4.55. The van der Waals surface area contributed by atoms with E-state index in [0.29, 0.717) is 5.92 Å². The molecule has 1 N–H and O–H groups in total. The van der Waals surface area contributed by atoms with Gasteiger partial charge in [0.2, 0.25) is 0 Å². The van der Waals surface area contributed by atoms with Gasteiger partial charge in [-0.3, -0.25) is 0 Å². The molecule has 1 aromatic rings. The summed E-state index contributed by atoms with van der Waals surface area (Å²) in [4.78, 5) is 0. The van der Waals surface area contributed by atoms with E-state index in [4.69, 9.17) is 0 Å². The Bertz CT molecular complexity index is 340. The number of hydrogen-bond acceptors (Lipinski definition) is 1. The lowest BCUT2D eigenvalue weighted by Gasteiger charge is -2.23. The first-order valence-electron chi connectivity index (χ1n) is 6.24. The summed E-state index contributed by atoms with van der Waals surface area (Å²) >= 11 is 0. The third-order valence-corrected chi connectivity index (χ3v) is 3.78. The van der Waals surface area contributed by atoms with Crippen molar-refractivity contribution in [1.29, 1.82) is 0 Å². The Morgan fingerprint density at radius 3 is 1.94 bits per heavy atom. The monoisotopic (exact) mass is 219 g/mol. The van der Waals surface area contributed by atoms with Gasteiger partial charge in [-0.25, -0.2) is 0 Å². The number of aryl methyl sites for hydroxylation is 2. The summed E-state index contributed by atoms with van der Waals surface area (Å²) < 4.78 is 0. The summed E-state index contributed by atoms with van der Waals surface area (Å²) in [7, 11) is 2.04. The fourth-order valence-corrected chi connectivity index (χ4v) is 2.56. The Morgan fingerprint density at radius 1 is 1.06 bits per heavy atom. The van der Waals surface area contributed by atoms with Gasteiger partial charge in [0.25, 0.3) is 0 Å². The zero-order chi connectivity index (χ0) is 12.3. The SMILES string of the molecule is CCC(CNC)c1c(C)c(C)cc(C)c1C. The van der Waals surface area contributed by atoms with E-state index in [1.807, 2.05) is 7.05 Å². The largest absolute Gasteiger partial charge is 0.319 e. The maximum atomic E-state index is 3.31. The molecule has 0 aliphatic rings. The Labute approximate surface area is 100 Å². The van der Waals surface area contributed by atoms with Crippen LogP contribution in [0.2, 0.25) is 0 Å². The molecule has 1 unspecified atom stereocenters. The zero-order valence-electron chi connectivity index (χ0n) is 11.6. The maximum absolute atomic E-state index is 3.31. The van der Waals surface area contributed by atoms with E-state index in [-0.39, 0.29) is 0 Å². The molecule has 0 aliphatic heterocycles. The van der Waals surface area contributed by atoms with Crippen molar-refractivity contribution in [2.45, 2.75) is 47.0 Å². The molecule has 0 saturated carbocycles. The summed E-state index contributed by atoms with van der Waals surface area (Å²) in [6.07, 6.45) is 1.20. The van der Waals surface area contributed by atoms with Gasteiger partial charge >= 0.3 is 0 Å². The van der Waals surface area contributed by atoms with Crippen LogP contribution >= 0.6 is 0 Å². The quantitative estimate of drug-likeness (QED) is 0.815. The van der Waals surface area contributed by atoms with Crippen LogP contribution in [0.5, 0.6) is 0 Å². The second-order valence-electron chi connectivity index (χ2n) is 4.84. The Balaban J connectivity index is 3.29. The van der Waals surface area contributed by atoms with Gasteiger partial charge in [0, 0.05) is 6.54 Å². The van der Waals surface area contributed by atoms with Crippen LogP contribution in [0.3, 0.4) is 0 Å². The van der Waals surface area contributed by atoms with Crippen molar-refractivity contribution in [3.8, 4) is 0 Å². The molecule has 0 spiro atoms. The molecule has 0 aromatic heterocycles. The highest BCUT2D eigenvalue weighted by molar-refractivity contribution is 5.46. The maximum Gasteiger partial charge on any atom is 0.00172 e. The van der Waals surface area contributed by atoms with Gasteiger partial charge in [-0.15, -0.1) is 0 Å². The van der Waals surface area contributed by atoms with E-state index >= 15 is 0 Å². The molecule has 0 amide bonds. The van der Waals surface area contributed by atoms with Crippen LogP contribution in [0.4, 0.5) is 0 Å². The summed E-state index contributed by atoms with van der Waals surface area (Å²) in [5.74, 6) is 0.642. The molecule has 0 radical (unpaired) electrons. The smallest absolute Gasteiger partial charge is 0.00172 e. The molecule has 0 fully saturated rings. The van der Waals surface area contributed by atoms with Gasteiger partial charge in [-0.05, 0) is 74.9 Å². The molecule has 0 bridgehead atoms. The van der Waals surface area contributed by atoms with Crippen LogP contribution in [-0.4, -0.2) is 13.6 Å². The summed E-state index contributed by atoms with van der Waals surface area (Å²) in [6.45, 7) is 12.3. The number of rotatable bonds is 4. The number of likely N-dealkylation sites (N-methyl/N-ethyl adjacent to an activating group) is 1. The molecular formula is C15H25N. The lowest BCUT2D eigenvalue weighted by molar-refractivity contribution is 0.605. The predicted octanol–water partition coefficient (Wildman–Crippen LogP) is 3.63. The first-order valence-corrected chi connectivity index (χ1v) is 6.24. The van der Waals surface area contributed by atoms with Crippen LogP contribution in [-0.2, 0) is 0 Å². The molecule has 1 rings (SSSR count). The first-order chi connectivity index (χ1) is 7.52. The lowest BCUT2D eigenvalue weighted by Crippen LogP contribution is -2.19. The predicted molar refractivity (Wildman–Crippen MR) is 72.3 cm³/mol. The van der Waals surface area contributed by atoms with Crippen LogP contribution in [0.15, 0.2) is 6.07 Å². The third kappa shape index (κ3) is 2.46. The molecule has 1 aromatic carbocycles. The molecule has 0 saturated heterocycles. The molecule has 16 heavy (non-hydrogen) atoms. The van der Waals surface area contributed by atoms with E-state index in [1.165, 1.54) is 28.7 Å². The van der Waals surface area contributed by atoms with E-state index in [2.05, 4.69) is 46.0 Å². The average molecular weight is 219 g/mol. The molecule has 0 heterocycles. The number of benzene rings is 1. The van der Waals surface area contributed by atoms with Gasteiger partial charge in [0.1, 0.15) is 0 Å². The van der Waals surface area contributed by atoms with E-state index in [0.717, 1.165) is 6.54 Å². The lowest BCUT2D eigenvalue weighted by atomic mass is 9.85. The molecule has 1 nitrogen and oxygen atoms in total. The van der Waals surface area contributed by atoms with Gasteiger partial charge < -0.3 is 5.32 Å². The first kappa shape index (κ1) is 13.2. The minimum absolute atomic E-state index is 0.642. The highest BCUT2D eigenvalue weighted by atomic mass is 14.8. The zero-order valence-corrected chi connectivity index (χ0v) is 11.6. The molecule has 1 heteroatoms. The van der Waals surface area contributed by atoms with Crippen molar-refractivity contribution in [1.82, 2.24) is 5.32 Å². The van der Waals surface area contributed by atoms with Gasteiger partial charge in [-0.1, -0.05) is 13.0 Å². The molecule has 1 atom stereocenters. The molecule has 0 aliphatic carbocycles. The summed E-state index contributed by atoms with van der Waals surface area (Å²) in [5.41, 5.74) is 7.37. The van der Waals surface area contributed by atoms with Gasteiger partial charge in [0.15, 0.2) is 0 Å². The molecular weight excluding hydrogens is 194 g/mol. The van der Waals surface area contributed by atoms with Crippen molar-refractivity contribution in [2.75, 3.05) is 13.6 Å². The van der Waals surface area contributed by atoms with Crippen LogP contribution in [0, 0.1) is 27.7 Å². The normalized spacial score (nSPS) is 12.9. The van der Waals surface area contributed by atoms with E-state index in [9.17, 15) is 0 Å². The fourth-order valence-electron chi connectivity index (χ4n) is 2.56. The minimum Gasteiger partial charge on any atom is -0.319 e. The van der Waals surface area contributed by atoms with Crippen molar-refractivity contribution in [3.05, 3.63) is 33.9 Å². The Morgan fingerprint density at radius 2 is 1.56 bits per heavy atom. The second-order valence-corrected chi connectivity index (χ2v) is 4.84. The van der Waals surface area contributed by atoms with Crippen LogP contribution < -0.4 is 5.32 Å². The highest BCUT2D eigenvalue weighted by Crippen LogP contribution is 2.30. The van der Waals surface area contributed by atoms with Crippen LogP contribution in [0.25, 0.3) is 0 Å². The van der Waals surface area contributed by atoms with Crippen molar-refractivity contribution in [2.24, 2.45) is 0 Å².